The molecule has 0 saturated heterocycles. The summed E-state index contributed by atoms with van der Waals surface area (Å²) in [5, 5.41) is 14.8. The Morgan fingerprint density at radius 3 is 2.86 bits per heavy atom. The van der Waals surface area contributed by atoms with Gasteiger partial charge in [-0.25, -0.2) is 4.98 Å². The minimum Gasteiger partial charge on any atom is -0.312 e. The van der Waals surface area contributed by atoms with Gasteiger partial charge >= 0.3 is 0 Å². The van der Waals surface area contributed by atoms with Gasteiger partial charge in [0, 0.05) is 22.5 Å². The van der Waals surface area contributed by atoms with Crippen LogP contribution in [0.5, 0.6) is 0 Å². The van der Waals surface area contributed by atoms with Crippen LogP contribution >= 0.6 is 23.1 Å². The molecule has 0 atom stereocenters. The Labute approximate surface area is 134 Å². The number of nitrogens with one attached hydrogen (secondary N) is 1. The molecule has 3 nitrogen and oxygen atoms in total. The zero-order chi connectivity index (χ0) is 15.2. The summed E-state index contributed by atoms with van der Waals surface area (Å²) in [5.74, 6) is 0.628. The molecule has 110 valence electrons. The summed E-state index contributed by atoms with van der Waals surface area (Å²) in [4.78, 5) is 5.40. The summed E-state index contributed by atoms with van der Waals surface area (Å²) in [7, 11) is 0. The van der Waals surface area contributed by atoms with E-state index in [1.165, 1.54) is 0 Å². The minimum atomic E-state index is 0.628. The molecule has 5 heteroatoms. The van der Waals surface area contributed by atoms with Crippen molar-refractivity contribution in [2.24, 2.45) is 5.92 Å². The van der Waals surface area contributed by atoms with E-state index in [0.717, 1.165) is 39.1 Å². The highest BCUT2D eigenvalue weighted by Gasteiger charge is 2.08. The zero-order valence-electron chi connectivity index (χ0n) is 12.5. The summed E-state index contributed by atoms with van der Waals surface area (Å²) >= 11 is 3.18. The molecule has 1 N–H and O–H groups in total. The first-order chi connectivity index (χ1) is 10.1. The molecule has 1 heterocycles. The molecule has 0 unspecified atom stereocenters. The van der Waals surface area contributed by atoms with Crippen LogP contribution < -0.4 is 5.32 Å². The standard InChI is InChI=1S/C16H19N3S2/c1-11(2)8-18-9-13-4-5-15(14(6-13)7-17)21-16-19-12(3)10-20-16/h4-6,10-11,18H,8-9H2,1-3H3. The van der Waals surface area contributed by atoms with Crippen LogP contribution in [0.3, 0.4) is 0 Å². The second-order valence-electron chi connectivity index (χ2n) is 5.32. The fraction of sp³-hybridized carbons (Fsp3) is 0.375. The van der Waals surface area contributed by atoms with E-state index >= 15 is 0 Å². The highest BCUT2D eigenvalue weighted by atomic mass is 32.2. The molecule has 0 aliphatic carbocycles. The largest absolute Gasteiger partial charge is 0.312 e. The summed E-state index contributed by atoms with van der Waals surface area (Å²) in [6.07, 6.45) is 0. The van der Waals surface area contributed by atoms with Crippen molar-refractivity contribution in [2.75, 3.05) is 6.54 Å². The first-order valence-corrected chi connectivity index (χ1v) is 8.62. The smallest absolute Gasteiger partial charge is 0.154 e. The lowest BCUT2D eigenvalue weighted by Crippen LogP contribution is -2.18. The number of benzene rings is 1. The van der Waals surface area contributed by atoms with E-state index in [9.17, 15) is 5.26 Å². The van der Waals surface area contributed by atoms with Crippen molar-refractivity contribution in [3.8, 4) is 6.07 Å². The van der Waals surface area contributed by atoms with Crippen LogP contribution in [0.2, 0.25) is 0 Å². The number of hydrogen-bond acceptors (Lipinski definition) is 5. The summed E-state index contributed by atoms with van der Waals surface area (Å²) < 4.78 is 0.981. The van der Waals surface area contributed by atoms with Crippen LogP contribution in [0.4, 0.5) is 0 Å². The average Bonchev–Trinajstić information content (AvgIpc) is 2.85. The average molecular weight is 317 g/mol. The molecule has 1 aromatic heterocycles. The lowest BCUT2D eigenvalue weighted by molar-refractivity contribution is 0.552. The third kappa shape index (κ3) is 4.85. The minimum absolute atomic E-state index is 0.628. The van der Waals surface area contributed by atoms with Gasteiger partial charge in [-0.05, 0) is 37.1 Å². The Kier molecular flexibility index (Phi) is 5.80. The predicted octanol–water partition coefficient (Wildman–Crippen LogP) is 4.22. The molecule has 1 aromatic carbocycles. The van der Waals surface area contributed by atoms with Crippen LogP contribution in [0.25, 0.3) is 0 Å². The quantitative estimate of drug-likeness (QED) is 0.866. The topological polar surface area (TPSA) is 48.7 Å². The Bertz CT molecular complexity index is 641. The maximum atomic E-state index is 9.34. The molecule has 0 amide bonds. The Balaban J connectivity index is 2.07. The third-order valence-corrected chi connectivity index (χ3v) is 4.97. The van der Waals surface area contributed by atoms with Gasteiger partial charge in [-0.2, -0.15) is 5.26 Å². The van der Waals surface area contributed by atoms with Crippen molar-refractivity contribution in [3.05, 3.63) is 40.4 Å². The number of rotatable bonds is 6. The van der Waals surface area contributed by atoms with Gasteiger partial charge in [-0.1, -0.05) is 31.7 Å². The van der Waals surface area contributed by atoms with Crippen LogP contribution in [0.1, 0.15) is 30.7 Å². The molecule has 0 aliphatic rings. The van der Waals surface area contributed by atoms with E-state index in [2.05, 4.69) is 36.3 Å². The van der Waals surface area contributed by atoms with Crippen LogP contribution in [0, 0.1) is 24.2 Å². The number of nitrogens with zero attached hydrogens (tertiary/aromatic N) is 2. The van der Waals surface area contributed by atoms with Gasteiger partial charge in [0.2, 0.25) is 0 Å². The molecule has 0 radical (unpaired) electrons. The first kappa shape index (κ1) is 16.0. The van der Waals surface area contributed by atoms with Crippen LogP contribution in [-0.4, -0.2) is 11.5 Å². The summed E-state index contributed by atoms with van der Waals surface area (Å²) in [6, 6.07) is 8.36. The highest BCUT2D eigenvalue weighted by molar-refractivity contribution is 8.01. The molecule has 2 rings (SSSR count). The molecule has 0 saturated carbocycles. The normalized spacial score (nSPS) is 10.8. The Morgan fingerprint density at radius 1 is 1.43 bits per heavy atom. The third-order valence-electron chi connectivity index (χ3n) is 2.84. The molecule has 2 aromatic rings. The van der Waals surface area contributed by atoms with Gasteiger partial charge in [0.05, 0.1) is 5.56 Å². The van der Waals surface area contributed by atoms with Crippen molar-refractivity contribution in [3.63, 3.8) is 0 Å². The SMILES string of the molecule is Cc1csc(Sc2ccc(CNCC(C)C)cc2C#N)n1. The molecule has 0 bridgehead atoms. The monoisotopic (exact) mass is 317 g/mol. The van der Waals surface area contributed by atoms with E-state index in [1.54, 1.807) is 23.1 Å². The zero-order valence-corrected chi connectivity index (χ0v) is 14.1. The van der Waals surface area contributed by atoms with Gasteiger partial charge in [0.25, 0.3) is 0 Å². The number of aryl methyl sites for hydroxylation is 1. The Hall–Kier alpha value is -1.35. The van der Waals surface area contributed by atoms with Gasteiger partial charge in [0.1, 0.15) is 6.07 Å². The van der Waals surface area contributed by atoms with Crippen molar-refractivity contribution >= 4 is 23.1 Å². The summed E-state index contributed by atoms with van der Waals surface area (Å²) in [6.45, 7) is 8.13. The number of nitriles is 1. The fourth-order valence-electron chi connectivity index (χ4n) is 1.84. The molecule has 0 fully saturated rings. The van der Waals surface area contributed by atoms with Gasteiger partial charge in [-0.3, -0.25) is 0 Å². The van der Waals surface area contributed by atoms with E-state index in [1.807, 2.05) is 24.4 Å². The number of hydrogen-bond donors (Lipinski definition) is 1. The molecular weight excluding hydrogens is 298 g/mol. The maximum absolute atomic E-state index is 9.34. The predicted molar refractivity (Wildman–Crippen MR) is 88.7 cm³/mol. The van der Waals surface area contributed by atoms with E-state index < -0.39 is 0 Å². The van der Waals surface area contributed by atoms with Gasteiger partial charge in [0.15, 0.2) is 4.34 Å². The highest BCUT2D eigenvalue weighted by Crippen LogP contribution is 2.32. The number of aromatic nitrogens is 1. The van der Waals surface area contributed by atoms with Gasteiger partial charge in [-0.15, -0.1) is 11.3 Å². The van der Waals surface area contributed by atoms with Crippen molar-refractivity contribution in [2.45, 2.75) is 36.6 Å². The van der Waals surface area contributed by atoms with E-state index in [0.29, 0.717) is 5.92 Å². The first-order valence-electron chi connectivity index (χ1n) is 6.92. The van der Waals surface area contributed by atoms with E-state index in [-0.39, 0.29) is 0 Å². The molecule has 0 spiro atoms. The van der Waals surface area contributed by atoms with Crippen molar-refractivity contribution in [1.82, 2.24) is 10.3 Å². The lowest BCUT2D eigenvalue weighted by atomic mass is 10.1. The second-order valence-corrected chi connectivity index (χ2v) is 7.47. The van der Waals surface area contributed by atoms with Crippen molar-refractivity contribution < 1.29 is 0 Å². The van der Waals surface area contributed by atoms with Gasteiger partial charge < -0.3 is 5.32 Å². The van der Waals surface area contributed by atoms with E-state index in [4.69, 9.17) is 0 Å². The second kappa shape index (κ2) is 7.60. The maximum Gasteiger partial charge on any atom is 0.154 e. The summed E-state index contributed by atoms with van der Waals surface area (Å²) in [5.41, 5.74) is 2.89. The molecule has 21 heavy (non-hydrogen) atoms. The number of thiazole rings is 1. The van der Waals surface area contributed by atoms with Crippen molar-refractivity contribution in [1.29, 1.82) is 5.26 Å². The van der Waals surface area contributed by atoms with Crippen LogP contribution in [0.15, 0.2) is 32.8 Å². The lowest BCUT2D eigenvalue weighted by Gasteiger charge is -2.09. The molecular formula is C16H19N3S2. The fourth-order valence-corrected chi connectivity index (χ4v) is 3.70. The Morgan fingerprint density at radius 2 is 2.24 bits per heavy atom. The molecule has 0 aliphatic heterocycles. The van der Waals surface area contributed by atoms with Crippen LogP contribution in [-0.2, 0) is 6.54 Å².